The quantitative estimate of drug-likeness (QED) is 0.285. The molecule has 0 aliphatic rings. The van der Waals surface area contributed by atoms with Crippen molar-refractivity contribution in [1.82, 2.24) is 25.4 Å². The standard InChI is InChI=1S/C18H34N6O2/c1-6-19-17(21-13-15-22-14-23-24(15)5)20-12-10-8-7-9-11-16(25)26-18(2,3)4/h14H,6-13H2,1-5H3,(H2,19,20,21). The predicted octanol–water partition coefficient (Wildman–Crippen LogP) is 2.16. The second-order valence-electron chi connectivity index (χ2n) is 7.17. The van der Waals surface area contributed by atoms with Gasteiger partial charge in [-0.05, 0) is 40.5 Å². The van der Waals surface area contributed by atoms with Gasteiger partial charge in [0.05, 0.1) is 0 Å². The zero-order valence-electron chi connectivity index (χ0n) is 16.8. The van der Waals surface area contributed by atoms with Crippen molar-refractivity contribution in [3.8, 4) is 0 Å². The number of unbranched alkanes of at least 4 members (excludes halogenated alkanes) is 3. The molecular weight excluding hydrogens is 332 g/mol. The van der Waals surface area contributed by atoms with E-state index < -0.39 is 5.60 Å². The Hall–Kier alpha value is -2.12. The van der Waals surface area contributed by atoms with Crippen LogP contribution in [0.15, 0.2) is 11.3 Å². The number of aryl methyl sites for hydroxylation is 1. The fraction of sp³-hybridized carbons (Fsp3) is 0.778. The number of aliphatic imine (C=N–C) groups is 1. The topological polar surface area (TPSA) is 93.4 Å². The molecule has 0 aliphatic heterocycles. The lowest BCUT2D eigenvalue weighted by Crippen LogP contribution is -2.37. The summed E-state index contributed by atoms with van der Waals surface area (Å²) in [5, 5.41) is 10.6. The maximum Gasteiger partial charge on any atom is 0.306 e. The van der Waals surface area contributed by atoms with Gasteiger partial charge in [0, 0.05) is 26.6 Å². The van der Waals surface area contributed by atoms with Gasteiger partial charge in [-0.1, -0.05) is 12.8 Å². The van der Waals surface area contributed by atoms with Crippen LogP contribution in [0.1, 0.15) is 65.6 Å². The highest BCUT2D eigenvalue weighted by molar-refractivity contribution is 5.79. The SMILES string of the molecule is CCNC(=NCc1ncnn1C)NCCCCCCC(=O)OC(C)(C)C. The lowest BCUT2D eigenvalue weighted by atomic mass is 10.1. The molecule has 0 aliphatic carbocycles. The highest BCUT2D eigenvalue weighted by Crippen LogP contribution is 2.10. The van der Waals surface area contributed by atoms with E-state index in [0.29, 0.717) is 13.0 Å². The molecule has 0 atom stereocenters. The molecule has 8 nitrogen and oxygen atoms in total. The smallest absolute Gasteiger partial charge is 0.306 e. The molecule has 0 unspecified atom stereocenters. The molecule has 0 bridgehead atoms. The van der Waals surface area contributed by atoms with E-state index in [9.17, 15) is 4.79 Å². The third-order valence-electron chi connectivity index (χ3n) is 3.55. The van der Waals surface area contributed by atoms with Gasteiger partial charge in [-0.2, -0.15) is 5.10 Å². The normalized spacial score (nSPS) is 12.1. The summed E-state index contributed by atoms with van der Waals surface area (Å²) < 4.78 is 7.02. The van der Waals surface area contributed by atoms with Crippen molar-refractivity contribution in [3.63, 3.8) is 0 Å². The first-order chi connectivity index (χ1) is 12.3. The number of nitrogens with zero attached hydrogens (tertiary/aromatic N) is 4. The van der Waals surface area contributed by atoms with Crippen molar-refractivity contribution in [3.05, 3.63) is 12.2 Å². The summed E-state index contributed by atoms with van der Waals surface area (Å²) in [5.74, 6) is 1.49. The molecule has 1 aromatic heterocycles. The van der Waals surface area contributed by atoms with Crippen LogP contribution >= 0.6 is 0 Å². The van der Waals surface area contributed by atoms with Crippen LogP contribution in [0.4, 0.5) is 0 Å². The van der Waals surface area contributed by atoms with Crippen molar-refractivity contribution in [2.24, 2.45) is 12.0 Å². The Bertz CT molecular complexity index is 562. The Labute approximate surface area is 156 Å². The summed E-state index contributed by atoms with van der Waals surface area (Å²) in [7, 11) is 1.86. The van der Waals surface area contributed by atoms with Gasteiger partial charge in [0.25, 0.3) is 0 Å². The monoisotopic (exact) mass is 366 g/mol. The maximum atomic E-state index is 11.6. The summed E-state index contributed by atoms with van der Waals surface area (Å²) in [6.45, 7) is 9.86. The number of guanidine groups is 1. The lowest BCUT2D eigenvalue weighted by Gasteiger charge is -2.19. The number of hydrogen-bond acceptors (Lipinski definition) is 5. The predicted molar refractivity (Wildman–Crippen MR) is 103 cm³/mol. The summed E-state index contributed by atoms with van der Waals surface area (Å²) in [6.07, 6.45) is 6.01. The highest BCUT2D eigenvalue weighted by Gasteiger charge is 2.15. The average Bonchev–Trinajstić information content (AvgIpc) is 2.95. The van der Waals surface area contributed by atoms with E-state index in [1.165, 1.54) is 6.33 Å². The van der Waals surface area contributed by atoms with Gasteiger partial charge < -0.3 is 15.4 Å². The molecule has 8 heteroatoms. The number of rotatable bonds is 10. The van der Waals surface area contributed by atoms with Crippen LogP contribution in [0.5, 0.6) is 0 Å². The molecule has 2 N–H and O–H groups in total. The van der Waals surface area contributed by atoms with Crippen molar-refractivity contribution < 1.29 is 9.53 Å². The van der Waals surface area contributed by atoms with Gasteiger partial charge in [0.15, 0.2) is 5.96 Å². The Kier molecular flexibility index (Phi) is 9.69. The van der Waals surface area contributed by atoms with Crippen LogP contribution < -0.4 is 10.6 Å². The van der Waals surface area contributed by atoms with Crippen LogP contribution in [-0.4, -0.2) is 45.4 Å². The molecule has 0 saturated carbocycles. The number of carbonyl (C=O) groups is 1. The lowest BCUT2D eigenvalue weighted by molar-refractivity contribution is -0.154. The minimum Gasteiger partial charge on any atom is -0.460 e. The minimum absolute atomic E-state index is 0.110. The van der Waals surface area contributed by atoms with Gasteiger partial charge in [0.2, 0.25) is 0 Å². The third kappa shape index (κ3) is 10.0. The first kappa shape index (κ1) is 21.9. The van der Waals surface area contributed by atoms with Gasteiger partial charge in [0.1, 0.15) is 24.3 Å². The summed E-state index contributed by atoms with van der Waals surface area (Å²) >= 11 is 0. The van der Waals surface area contributed by atoms with Crippen LogP contribution in [-0.2, 0) is 23.1 Å². The molecule has 1 rings (SSSR count). The van der Waals surface area contributed by atoms with E-state index >= 15 is 0 Å². The van der Waals surface area contributed by atoms with E-state index in [0.717, 1.165) is 50.6 Å². The molecule has 0 spiro atoms. The van der Waals surface area contributed by atoms with E-state index in [4.69, 9.17) is 4.74 Å². The van der Waals surface area contributed by atoms with Crippen LogP contribution in [0.25, 0.3) is 0 Å². The Balaban J connectivity index is 2.17. The largest absolute Gasteiger partial charge is 0.460 e. The van der Waals surface area contributed by atoms with Crippen LogP contribution in [0.3, 0.4) is 0 Å². The molecule has 0 fully saturated rings. The van der Waals surface area contributed by atoms with Gasteiger partial charge >= 0.3 is 5.97 Å². The maximum absolute atomic E-state index is 11.6. The molecule has 0 aromatic carbocycles. The second kappa shape index (κ2) is 11.5. The number of carbonyl (C=O) groups excluding carboxylic acids is 1. The van der Waals surface area contributed by atoms with Crippen molar-refractivity contribution in [2.45, 2.75) is 71.9 Å². The molecule has 0 radical (unpaired) electrons. The summed E-state index contributed by atoms with van der Waals surface area (Å²) in [6, 6.07) is 0. The van der Waals surface area contributed by atoms with Crippen LogP contribution in [0, 0.1) is 0 Å². The molecular formula is C18H34N6O2. The van der Waals surface area contributed by atoms with Gasteiger partial charge in [-0.3, -0.25) is 9.48 Å². The van der Waals surface area contributed by atoms with Crippen molar-refractivity contribution >= 4 is 11.9 Å². The highest BCUT2D eigenvalue weighted by atomic mass is 16.6. The second-order valence-corrected chi connectivity index (χ2v) is 7.17. The first-order valence-corrected chi connectivity index (χ1v) is 9.38. The van der Waals surface area contributed by atoms with Crippen molar-refractivity contribution in [1.29, 1.82) is 0 Å². The van der Waals surface area contributed by atoms with Gasteiger partial charge in [-0.15, -0.1) is 0 Å². The van der Waals surface area contributed by atoms with Crippen LogP contribution in [0.2, 0.25) is 0 Å². The van der Waals surface area contributed by atoms with Crippen molar-refractivity contribution in [2.75, 3.05) is 13.1 Å². The summed E-state index contributed by atoms with van der Waals surface area (Å²) in [5.41, 5.74) is -0.395. The number of hydrogen-bond donors (Lipinski definition) is 2. The van der Waals surface area contributed by atoms with Gasteiger partial charge in [-0.25, -0.2) is 9.98 Å². The zero-order chi connectivity index (χ0) is 19.4. The fourth-order valence-corrected chi connectivity index (χ4v) is 2.30. The van der Waals surface area contributed by atoms with E-state index in [1.807, 2.05) is 34.7 Å². The molecule has 1 aromatic rings. The number of ether oxygens (including phenoxy) is 1. The molecule has 1 heterocycles. The Morgan fingerprint density at radius 3 is 2.58 bits per heavy atom. The minimum atomic E-state index is -0.395. The molecule has 148 valence electrons. The molecule has 0 amide bonds. The summed E-state index contributed by atoms with van der Waals surface area (Å²) in [4.78, 5) is 20.3. The fourth-order valence-electron chi connectivity index (χ4n) is 2.30. The third-order valence-corrected chi connectivity index (χ3v) is 3.55. The number of nitrogens with one attached hydrogen (secondary N) is 2. The molecule has 0 saturated heterocycles. The van der Waals surface area contributed by atoms with E-state index in [2.05, 4.69) is 25.7 Å². The Morgan fingerprint density at radius 1 is 1.23 bits per heavy atom. The number of aromatic nitrogens is 3. The molecule has 26 heavy (non-hydrogen) atoms. The van der Waals surface area contributed by atoms with E-state index in [1.54, 1.807) is 4.68 Å². The first-order valence-electron chi connectivity index (χ1n) is 9.38. The Morgan fingerprint density at radius 2 is 1.96 bits per heavy atom. The number of esters is 1. The van der Waals surface area contributed by atoms with E-state index in [-0.39, 0.29) is 5.97 Å². The average molecular weight is 367 g/mol. The zero-order valence-corrected chi connectivity index (χ0v) is 16.8.